The molecule has 0 aromatic heterocycles. The van der Waals surface area contributed by atoms with Gasteiger partial charge in [0.1, 0.15) is 12.5 Å². The number of hydroxylamine groups is 2. The Bertz CT molecular complexity index is 871. The molecule has 2 aromatic rings. The van der Waals surface area contributed by atoms with E-state index in [1.807, 2.05) is 51.1 Å². The molecule has 6 nitrogen and oxygen atoms in total. The number of benzene rings is 2. The summed E-state index contributed by atoms with van der Waals surface area (Å²) in [6, 6.07) is 15.8. The Hall–Kier alpha value is -2.99. The smallest absolute Gasteiger partial charge is 0.285 e. The van der Waals surface area contributed by atoms with E-state index >= 15 is 0 Å². The maximum Gasteiger partial charge on any atom is 0.285 e. The molecule has 0 bridgehead atoms. The predicted octanol–water partition coefficient (Wildman–Crippen LogP) is 2.80. The van der Waals surface area contributed by atoms with Gasteiger partial charge in [-0.05, 0) is 38.0 Å². The van der Waals surface area contributed by atoms with Gasteiger partial charge in [0.25, 0.3) is 11.8 Å². The first-order chi connectivity index (χ1) is 12.8. The lowest BCUT2D eigenvalue weighted by Crippen LogP contribution is -2.52. The van der Waals surface area contributed by atoms with E-state index in [4.69, 9.17) is 4.84 Å². The van der Waals surface area contributed by atoms with Crippen molar-refractivity contribution in [3.63, 3.8) is 0 Å². The maximum atomic E-state index is 13.0. The summed E-state index contributed by atoms with van der Waals surface area (Å²) in [6.45, 7) is 5.55. The molecule has 0 saturated heterocycles. The standard InChI is InChI=1S/C21H22N2O4/c1-21(2,3)22-18(24)17-15-11-7-8-12-16(15)19(25)23(20(17)26)27-13-14-9-5-4-6-10-14/h4-12,17H,13H2,1-3H3,(H,22,24). The molecule has 0 spiro atoms. The molecule has 1 aliphatic heterocycles. The van der Waals surface area contributed by atoms with Gasteiger partial charge in [0.15, 0.2) is 0 Å². The summed E-state index contributed by atoms with van der Waals surface area (Å²) in [5.41, 5.74) is 0.990. The highest BCUT2D eigenvalue weighted by Gasteiger charge is 2.44. The Morgan fingerprint density at radius 3 is 2.33 bits per heavy atom. The summed E-state index contributed by atoms with van der Waals surface area (Å²) in [7, 11) is 0. The first-order valence-corrected chi connectivity index (χ1v) is 8.74. The fraction of sp³-hybridized carbons (Fsp3) is 0.286. The van der Waals surface area contributed by atoms with Crippen LogP contribution in [0.4, 0.5) is 0 Å². The summed E-state index contributed by atoms with van der Waals surface area (Å²) in [6.07, 6.45) is 0. The third kappa shape index (κ3) is 4.06. The van der Waals surface area contributed by atoms with Crippen LogP contribution in [0.5, 0.6) is 0 Å². The molecular formula is C21H22N2O4. The lowest BCUT2D eigenvalue weighted by atomic mass is 9.88. The van der Waals surface area contributed by atoms with Gasteiger partial charge in [-0.1, -0.05) is 48.5 Å². The van der Waals surface area contributed by atoms with E-state index in [1.54, 1.807) is 24.3 Å². The molecule has 1 heterocycles. The van der Waals surface area contributed by atoms with Crippen LogP contribution >= 0.6 is 0 Å². The van der Waals surface area contributed by atoms with Crippen LogP contribution in [0.2, 0.25) is 0 Å². The van der Waals surface area contributed by atoms with E-state index in [0.717, 1.165) is 5.56 Å². The number of nitrogens with zero attached hydrogens (tertiary/aromatic N) is 1. The Labute approximate surface area is 158 Å². The number of amides is 3. The topological polar surface area (TPSA) is 75.7 Å². The molecule has 27 heavy (non-hydrogen) atoms. The first kappa shape index (κ1) is 18.8. The Morgan fingerprint density at radius 1 is 1.04 bits per heavy atom. The summed E-state index contributed by atoms with van der Waals surface area (Å²) >= 11 is 0. The van der Waals surface area contributed by atoms with Crippen LogP contribution in [0, 0.1) is 0 Å². The van der Waals surface area contributed by atoms with Crippen molar-refractivity contribution < 1.29 is 19.2 Å². The normalized spacial score (nSPS) is 16.9. The average molecular weight is 366 g/mol. The largest absolute Gasteiger partial charge is 0.351 e. The number of fused-ring (bicyclic) bond motifs is 1. The van der Waals surface area contributed by atoms with Crippen molar-refractivity contribution in [2.24, 2.45) is 0 Å². The molecule has 6 heteroatoms. The molecule has 2 aromatic carbocycles. The summed E-state index contributed by atoms with van der Waals surface area (Å²) < 4.78 is 0. The highest BCUT2D eigenvalue weighted by atomic mass is 16.7. The van der Waals surface area contributed by atoms with E-state index in [1.165, 1.54) is 0 Å². The Kier molecular flexibility index (Phi) is 5.10. The molecule has 1 N–H and O–H groups in total. The van der Waals surface area contributed by atoms with Crippen molar-refractivity contribution in [1.29, 1.82) is 0 Å². The zero-order chi connectivity index (χ0) is 19.6. The average Bonchev–Trinajstić information content (AvgIpc) is 2.61. The molecule has 0 radical (unpaired) electrons. The van der Waals surface area contributed by atoms with Gasteiger partial charge in [-0.25, -0.2) is 0 Å². The van der Waals surface area contributed by atoms with Crippen LogP contribution in [-0.2, 0) is 21.0 Å². The molecule has 1 atom stereocenters. The minimum absolute atomic E-state index is 0.0497. The van der Waals surface area contributed by atoms with Crippen molar-refractivity contribution in [3.8, 4) is 0 Å². The van der Waals surface area contributed by atoms with Crippen molar-refractivity contribution in [2.45, 2.75) is 38.8 Å². The molecule has 0 fully saturated rings. The summed E-state index contributed by atoms with van der Waals surface area (Å²) in [5, 5.41) is 3.53. The van der Waals surface area contributed by atoms with Crippen LogP contribution < -0.4 is 5.32 Å². The fourth-order valence-electron chi connectivity index (χ4n) is 2.93. The second-order valence-corrected chi connectivity index (χ2v) is 7.46. The van der Waals surface area contributed by atoms with Crippen LogP contribution in [0.1, 0.15) is 48.2 Å². The van der Waals surface area contributed by atoms with Crippen molar-refractivity contribution >= 4 is 17.7 Å². The lowest BCUT2D eigenvalue weighted by Gasteiger charge is -2.32. The van der Waals surface area contributed by atoms with Crippen LogP contribution in [-0.4, -0.2) is 28.3 Å². The van der Waals surface area contributed by atoms with Gasteiger partial charge in [0.2, 0.25) is 5.91 Å². The van der Waals surface area contributed by atoms with Gasteiger partial charge in [-0.15, -0.1) is 5.06 Å². The van der Waals surface area contributed by atoms with Gasteiger partial charge >= 0.3 is 0 Å². The number of imide groups is 1. The van der Waals surface area contributed by atoms with E-state index in [-0.39, 0.29) is 6.61 Å². The van der Waals surface area contributed by atoms with E-state index in [2.05, 4.69) is 5.32 Å². The monoisotopic (exact) mass is 366 g/mol. The maximum absolute atomic E-state index is 13.0. The zero-order valence-corrected chi connectivity index (χ0v) is 15.6. The minimum atomic E-state index is -1.13. The molecule has 1 unspecified atom stereocenters. The molecule has 0 aliphatic carbocycles. The molecular weight excluding hydrogens is 344 g/mol. The second kappa shape index (κ2) is 7.32. The highest BCUT2D eigenvalue weighted by molar-refractivity contribution is 6.18. The molecule has 140 valence electrons. The number of nitrogens with one attached hydrogen (secondary N) is 1. The van der Waals surface area contributed by atoms with Gasteiger partial charge in [0.05, 0.1) is 0 Å². The SMILES string of the molecule is CC(C)(C)NC(=O)C1C(=O)N(OCc2ccccc2)C(=O)c2ccccc21. The number of rotatable bonds is 4. The Balaban J connectivity index is 1.91. The number of hydrogen-bond donors (Lipinski definition) is 1. The summed E-state index contributed by atoms with van der Waals surface area (Å²) in [5.74, 6) is -2.84. The third-order valence-corrected chi connectivity index (χ3v) is 4.10. The Morgan fingerprint density at radius 2 is 1.67 bits per heavy atom. The van der Waals surface area contributed by atoms with Gasteiger partial charge in [0, 0.05) is 11.1 Å². The van der Waals surface area contributed by atoms with Crippen LogP contribution in [0.15, 0.2) is 54.6 Å². The van der Waals surface area contributed by atoms with Gasteiger partial charge in [-0.3, -0.25) is 19.2 Å². The van der Waals surface area contributed by atoms with Crippen molar-refractivity contribution in [3.05, 3.63) is 71.3 Å². The van der Waals surface area contributed by atoms with Crippen molar-refractivity contribution in [1.82, 2.24) is 10.4 Å². The minimum Gasteiger partial charge on any atom is -0.351 e. The molecule has 1 aliphatic rings. The zero-order valence-electron chi connectivity index (χ0n) is 15.6. The van der Waals surface area contributed by atoms with Crippen LogP contribution in [0.3, 0.4) is 0 Å². The number of carbonyl (C=O) groups excluding carboxylic acids is 3. The van der Waals surface area contributed by atoms with E-state index in [0.29, 0.717) is 16.2 Å². The van der Waals surface area contributed by atoms with Crippen LogP contribution in [0.25, 0.3) is 0 Å². The first-order valence-electron chi connectivity index (χ1n) is 8.74. The van der Waals surface area contributed by atoms with E-state index in [9.17, 15) is 14.4 Å². The summed E-state index contributed by atoms with van der Waals surface area (Å²) in [4.78, 5) is 44.0. The molecule has 3 amide bonds. The van der Waals surface area contributed by atoms with Crippen molar-refractivity contribution in [2.75, 3.05) is 0 Å². The fourth-order valence-corrected chi connectivity index (χ4v) is 2.93. The highest BCUT2D eigenvalue weighted by Crippen LogP contribution is 2.30. The van der Waals surface area contributed by atoms with Gasteiger partial charge < -0.3 is 5.32 Å². The number of carbonyl (C=O) groups is 3. The third-order valence-electron chi connectivity index (χ3n) is 4.10. The quantitative estimate of drug-likeness (QED) is 0.667. The molecule has 3 rings (SSSR count). The van der Waals surface area contributed by atoms with Gasteiger partial charge in [-0.2, -0.15) is 0 Å². The van der Waals surface area contributed by atoms with E-state index < -0.39 is 29.2 Å². The predicted molar refractivity (Wildman–Crippen MR) is 99.5 cm³/mol. The lowest BCUT2D eigenvalue weighted by molar-refractivity contribution is -0.177. The molecule has 0 saturated carbocycles. The number of hydrogen-bond acceptors (Lipinski definition) is 4. The second-order valence-electron chi connectivity index (χ2n) is 7.46.